The van der Waals surface area contributed by atoms with Crippen LogP contribution >= 0.6 is 0 Å². The van der Waals surface area contributed by atoms with Crippen molar-refractivity contribution in [2.75, 3.05) is 30.9 Å². The number of anilines is 2. The van der Waals surface area contributed by atoms with E-state index in [-0.39, 0.29) is 37.6 Å². The maximum absolute atomic E-state index is 12.7. The van der Waals surface area contributed by atoms with Crippen molar-refractivity contribution in [1.82, 2.24) is 15.3 Å². The molecule has 0 radical (unpaired) electrons. The van der Waals surface area contributed by atoms with Crippen LogP contribution in [0.15, 0.2) is 30.5 Å². The number of nitrogens with one attached hydrogen (secondary N) is 1. The maximum Gasteiger partial charge on any atom is 0.328 e. The quantitative estimate of drug-likeness (QED) is 0.363. The van der Waals surface area contributed by atoms with Gasteiger partial charge in [-0.25, -0.2) is 14.8 Å². The first-order valence-corrected chi connectivity index (χ1v) is 11.0. The number of nitrogens with two attached hydrogens (primary N) is 2. The molecule has 0 unspecified atom stereocenters. The number of aromatic nitrogens is 2. The fourth-order valence-corrected chi connectivity index (χ4v) is 3.12. The van der Waals surface area contributed by atoms with Crippen LogP contribution in [0.2, 0.25) is 0 Å². The Labute approximate surface area is 203 Å². The van der Waals surface area contributed by atoms with Gasteiger partial charge in [0.2, 0.25) is 0 Å². The van der Waals surface area contributed by atoms with Crippen LogP contribution in [0, 0.1) is 0 Å². The van der Waals surface area contributed by atoms with Crippen molar-refractivity contribution in [3.63, 3.8) is 0 Å². The molecule has 12 heteroatoms. The van der Waals surface area contributed by atoms with Crippen molar-refractivity contribution in [2.24, 2.45) is 5.73 Å². The topological polar surface area (TPSA) is 180 Å². The molecule has 0 aliphatic rings. The van der Waals surface area contributed by atoms with Crippen molar-refractivity contribution < 1.29 is 28.7 Å². The minimum absolute atomic E-state index is 0.0349. The largest absolute Gasteiger partial charge is 0.466 e. The van der Waals surface area contributed by atoms with Gasteiger partial charge < -0.3 is 31.2 Å². The summed E-state index contributed by atoms with van der Waals surface area (Å²) in [5.41, 5.74) is 12.3. The Morgan fingerprint density at radius 3 is 2.34 bits per heavy atom. The number of primary amides is 1. The number of hydrogen-bond acceptors (Lipinski definition) is 10. The average Bonchev–Trinajstić information content (AvgIpc) is 2.83. The first kappa shape index (κ1) is 27.0. The molecule has 1 heterocycles. The minimum Gasteiger partial charge on any atom is -0.466 e. The molecule has 0 bridgehead atoms. The van der Waals surface area contributed by atoms with Crippen LogP contribution in [0.4, 0.5) is 11.5 Å². The van der Waals surface area contributed by atoms with Gasteiger partial charge in [0.05, 0.1) is 31.6 Å². The highest BCUT2D eigenvalue weighted by atomic mass is 16.5. The zero-order valence-corrected chi connectivity index (χ0v) is 19.9. The molecule has 1 aromatic carbocycles. The van der Waals surface area contributed by atoms with Gasteiger partial charge in [-0.05, 0) is 44.5 Å². The molecule has 2 rings (SSSR count). The minimum atomic E-state index is -0.988. The highest BCUT2D eigenvalue weighted by Crippen LogP contribution is 2.17. The summed E-state index contributed by atoms with van der Waals surface area (Å²) < 4.78 is 9.89. The van der Waals surface area contributed by atoms with Crippen LogP contribution in [0.5, 0.6) is 0 Å². The highest BCUT2D eigenvalue weighted by Gasteiger charge is 2.24. The van der Waals surface area contributed by atoms with Gasteiger partial charge in [0.15, 0.2) is 11.5 Å². The predicted molar refractivity (Wildman–Crippen MR) is 127 cm³/mol. The molecule has 1 aromatic heterocycles. The molecule has 0 aliphatic carbocycles. The van der Waals surface area contributed by atoms with Gasteiger partial charge in [-0.15, -0.1) is 0 Å². The maximum atomic E-state index is 12.7. The number of esters is 2. The van der Waals surface area contributed by atoms with E-state index in [1.54, 1.807) is 45.2 Å². The molecule has 5 N–H and O–H groups in total. The van der Waals surface area contributed by atoms with Gasteiger partial charge in [-0.3, -0.25) is 14.4 Å². The molecule has 35 heavy (non-hydrogen) atoms. The number of hydrogen-bond donors (Lipinski definition) is 3. The summed E-state index contributed by atoms with van der Waals surface area (Å²) >= 11 is 0. The van der Waals surface area contributed by atoms with E-state index in [0.29, 0.717) is 17.8 Å². The summed E-state index contributed by atoms with van der Waals surface area (Å²) in [5, 5.41) is 2.62. The van der Waals surface area contributed by atoms with E-state index in [1.807, 2.05) is 4.90 Å². The van der Waals surface area contributed by atoms with Crippen LogP contribution < -0.4 is 21.7 Å². The Morgan fingerprint density at radius 1 is 1.09 bits per heavy atom. The normalized spacial score (nSPS) is 11.3. The van der Waals surface area contributed by atoms with Crippen molar-refractivity contribution >= 4 is 35.3 Å². The Balaban J connectivity index is 2.06. The Kier molecular flexibility index (Phi) is 9.94. The molecule has 1 atom stereocenters. The number of carbonyl (C=O) groups is 4. The second-order valence-corrected chi connectivity index (χ2v) is 7.48. The number of benzene rings is 1. The van der Waals surface area contributed by atoms with Crippen molar-refractivity contribution in [2.45, 2.75) is 39.3 Å². The van der Waals surface area contributed by atoms with Crippen LogP contribution in [-0.4, -0.2) is 60.0 Å². The summed E-state index contributed by atoms with van der Waals surface area (Å²) in [6.45, 7) is 4.02. The van der Waals surface area contributed by atoms with Gasteiger partial charge in [-0.1, -0.05) is 0 Å². The average molecular weight is 487 g/mol. The first-order chi connectivity index (χ1) is 16.7. The molecule has 0 aliphatic heterocycles. The Hall–Kier alpha value is -4.22. The second kappa shape index (κ2) is 12.9. The van der Waals surface area contributed by atoms with Crippen molar-refractivity contribution in [1.29, 1.82) is 0 Å². The molecular weight excluding hydrogens is 456 g/mol. The second-order valence-electron chi connectivity index (χ2n) is 7.48. The standard InChI is InChI=1S/C23H30N6O6/c1-4-34-18(30)11-10-17(23(33)35-5-2)28-22(32)14-6-8-16(9-7-14)29(3)13-15-12-26-20(24)19(27-15)21(25)31/h6-9,12,17H,4-5,10-11,13H2,1-3H3,(H2,24,26)(H2,25,31)(H,28,32)/t17-/m0/s1. The predicted octanol–water partition coefficient (Wildman–Crippen LogP) is 0.799. The van der Waals surface area contributed by atoms with Crippen molar-refractivity contribution in [3.05, 3.63) is 47.4 Å². The Morgan fingerprint density at radius 2 is 1.74 bits per heavy atom. The van der Waals surface area contributed by atoms with Crippen LogP contribution in [0.1, 0.15) is 53.2 Å². The zero-order chi connectivity index (χ0) is 26.0. The SMILES string of the molecule is CCOC(=O)CC[C@H](NC(=O)c1ccc(N(C)Cc2cnc(N)c(C(N)=O)n2)cc1)C(=O)OCC. The molecule has 0 fully saturated rings. The number of nitrogen functional groups attached to an aromatic ring is 1. The first-order valence-electron chi connectivity index (χ1n) is 11.0. The number of nitrogens with zero attached hydrogens (tertiary/aromatic N) is 3. The summed E-state index contributed by atoms with van der Waals surface area (Å²) in [5.74, 6) is -2.38. The van der Waals surface area contributed by atoms with Crippen LogP contribution in [-0.2, 0) is 25.6 Å². The van der Waals surface area contributed by atoms with E-state index in [1.165, 1.54) is 6.20 Å². The fraction of sp³-hybridized carbons (Fsp3) is 0.391. The lowest BCUT2D eigenvalue weighted by Crippen LogP contribution is -2.42. The zero-order valence-electron chi connectivity index (χ0n) is 19.9. The van der Waals surface area contributed by atoms with E-state index in [9.17, 15) is 19.2 Å². The van der Waals surface area contributed by atoms with Gasteiger partial charge in [-0.2, -0.15) is 0 Å². The molecule has 0 saturated heterocycles. The van der Waals surface area contributed by atoms with Gasteiger partial charge in [0, 0.05) is 24.7 Å². The third kappa shape index (κ3) is 7.95. The monoisotopic (exact) mass is 486 g/mol. The van der Waals surface area contributed by atoms with E-state index in [2.05, 4.69) is 15.3 Å². The lowest BCUT2D eigenvalue weighted by molar-refractivity contribution is -0.146. The molecule has 2 amide bonds. The number of rotatable bonds is 12. The molecule has 2 aromatic rings. The summed E-state index contributed by atoms with van der Waals surface area (Å²) in [6, 6.07) is 5.63. The molecular formula is C23H30N6O6. The van der Waals surface area contributed by atoms with E-state index < -0.39 is 29.8 Å². The third-order valence-electron chi connectivity index (χ3n) is 4.87. The highest BCUT2D eigenvalue weighted by molar-refractivity contribution is 5.97. The van der Waals surface area contributed by atoms with E-state index in [4.69, 9.17) is 20.9 Å². The van der Waals surface area contributed by atoms with E-state index in [0.717, 1.165) is 5.69 Å². The summed E-state index contributed by atoms with van der Waals surface area (Å²) in [4.78, 5) is 58.0. The van der Waals surface area contributed by atoms with Crippen LogP contribution in [0.3, 0.4) is 0 Å². The fourth-order valence-electron chi connectivity index (χ4n) is 3.12. The lowest BCUT2D eigenvalue weighted by Gasteiger charge is -2.20. The number of carbonyl (C=O) groups excluding carboxylic acids is 4. The summed E-state index contributed by atoms with van der Waals surface area (Å²) in [7, 11) is 1.79. The van der Waals surface area contributed by atoms with Gasteiger partial charge >= 0.3 is 11.9 Å². The summed E-state index contributed by atoms with van der Waals surface area (Å²) in [6.07, 6.45) is 1.47. The van der Waals surface area contributed by atoms with E-state index >= 15 is 0 Å². The van der Waals surface area contributed by atoms with Gasteiger partial charge in [0.1, 0.15) is 6.04 Å². The number of ether oxygens (including phenoxy) is 2. The van der Waals surface area contributed by atoms with Crippen LogP contribution in [0.25, 0.3) is 0 Å². The van der Waals surface area contributed by atoms with Gasteiger partial charge in [0.25, 0.3) is 11.8 Å². The lowest BCUT2D eigenvalue weighted by atomic mass is 10.1. The number of amides is 2. The van der Waals surface area contributed by atoms with Crippen molar-refractivity contribution in [3.8, 4) is 0 Å². The Bertz CT molecular complexity index is 1060. The smallest absolute Gasteiger partial charge is 0.328 e. The molecule has 0 saturated carbocycles. The molecule has 188 valence electrons. The molecule has 12 nitrogen and oxygen atoms in total. The molecule has 0 spiro atoms. The third-order valence-corrected chi connectivity index (χ3v) is 4.87.